The smallest absolute Gasteiger partial charge is 0.336 e. The molecule has 18 heavy (non-hydrogen) atoms. The number of carbonyl (C=O) groups excluding carboxylic acids is 2. The van der Waals surface area contributed by atoms with Crippen molar-refractivity contribution >= 4 is 11.9 Å². The van der Waals surface area contributed by atoms with Crippen LogP contribution in [0.4, 0.5) is 0 Å². The van der Waals surface area contributed by atoms with Gasteiger partial charge >= 0.3 is 11.9 Å². The van der Waals surface area contributed by atoms with E-state index < -0.39 is 11.4 Å². The number of ether oxygens (including phenoxy) is 2. The van der Waals surface area contributed by atoms with E-state index in [2.05, 4.69) is 0 Å². The molecule has 104 valence electrons. The van der Waals surface area contributed by atoms with E-state index in [9.17, 15) is 9.59 Å². The summed E-state index contributed by atoms with van der Waals surface area (Å²) in [5, 5.41) is 0. The highest BCUT2D eigenvalue weighted by Gasteiger charge is 2.23. The van der Waals surface area contributed by atoms with Crippen LogP contribution in [0.2, 0.25) is 0 Å². The van der Waals surface area contributed by atoms with Gasteiger partial charge in [0.15, 0.2) is 0 Å². The maximum atomic E-state index is 11.7. The molecule has 0 aliphatic rings. The second-order valence-corrected chi connectivity index (χ2v) is 5.12. The van der Waals surface area contributed by atoms with Crippen LogP contribution in [0.5, 0.6) is 0 Å². The van der Waals surface area contributed by atoms with Gasteiger partial charge in [-0.05, 0) is 33.6 Å². The van der Waals surface area contributed by atoms with E-state index >= 15 is 0 Å². The number of allylic oxidation sites excluding steroid dienone is 1. The van der Waals surface area contributed by atoms with Crippen molar-refractivity contribution in [2.45, 2.75) is 53.9 Å². The van der Waals surface area contributed by atoms with Crippen LogP contribution in [0.15, 0.2) is 11.6 Å². The van der Waals surface area contributed by atoms with Crippen LogP contribution in [-0.2, 0) is 19.1 Å². The largest absolute Gasteiger partial charge is 0.427 e. The molecule has 4 nitrogen and oxygen atoms in total. The molecule has 0 radical (unpaired) electrons. The zero-order chi connectivity index (χ0) is 14.2. The first-order valence-electron chi connectivity index (χ1n) is 6.36. The topological polar surface area (TPSA) is 52.6 Å². The number of rotatable bonds is 6. The highest BCUT2D eigenvalue weighted by atomic mass is 16.7. The highest BCUT2D eigenvalue weighted by Crippen LogP contribution is 2.15. The van der Waals surface area contributed by atoms with Gasteiger partial charge in [0.25, 0.3) is 0 Å². The molecule has 0 N–H and O–H groups in total. The molecular formula is C14H24O4. The Morgan fingerprint density at radius 2 is 1.72 bits per heavy atom. The van der Waals surface area contributed by atoms with E-state index in [1.165, 1.54) is 0 Å². The Bertz CT molecular complexity index is 310. The number of hydrogen-bond acceptors (Lipinski definition) is 4. The molecule has 0 aromatic heterocycles. The van der Waals surface area contributed by atoms with Crippen molar-refractivity contribution in [2.75, 3.05) is 6.79 Å². The molecule has 0 atom stereocenters. The van der Waals surface area contributed by atoms with Gasteiger partial charge in [-0.25, -0.2) is 4.79 Å². The van der Waals surface area contributed by atoms with Gasteiger partial charge in [-0.15, -0.1) is 0 Å². The van der Waals surface area contributed by atoms with Gasteiger partial charge in [0.05, 0.1) is 5.41 Å². The molecule has 0 fully saturated rings. The van der Waals surface area contributed by atoms with Crippen LogP contribution in [0, 0.1) is 5.41 Å². The number of carbonyl (C=O) groups is 2. The fraction of sp³-hybridized carbons (Fsp3) is 0.714. The minimum atomic E-state index is -0.585. The molecule has 0 bridgehead atoms. The molecule has 0 saturated heterocycles. The zero-order valence-corrected chi connectivity index (χ0v) is 12.0. The van der Waals surface area contributed by atoms with E-state index in [-0.39, 0.29) is 12.8 Å². The summed E-state index contributed by atoms with van der Waals surface area (Å²) in [5.74, 6) is -0.785. The molecule has 0 unspecified atom stereocenters. The zero-order valence-electron chi connectivity index (χ0n) is 12.0. The van der Waals surface area contributed by atoms with Crippen molar-refractivity contribution in [2.24, 2.45) is 5.41 Å². The SMILES string of the molecule is CC/C=C(\CCC)C(=O)OCOC(=O)C(C)(C)C. The average Bonchev–Trinajstić information content (AvgIpc) is 2.27. The van der Waals surface area contributed by atoms with E-state index in [0.717, 1.165) is 12.8 Å². The van der Waals surface area contributed by atoms with Crippen LogP contribution >= 0.6 is 0 Å². The van der Waals surface area contributed by atoms with E-state index in [1.54, 1.807) is 20.8 Å². The predicted molar refractivity (Wildman–Crippen MR) is 69.8 cm³/mol. The van der Waals surface area contributed by atoms with Gasteiger partial charge in [0.1, 0.15) is 0 Å². The third-order valence-corrected chi connectivity index (χ3v) is 2.22. The Morgan fingerprint density at radius 3 is 2.17 bits per heavy atom. The maximum absolute atomic E-state index is 11.7. The summed E-state index contributed by atoms with van der Waals surface area (Å²) in [6.45, 7) is 8.88. The lowest BCUT2D eigenvalue weighted by molar-refractivity contribution is -0.171. The van der Waals surface area contributed by atoms with Crippen LogP contribution in [0.3, 0.4) is 0 Å². The third kappa shape index (κ3) is 6.42. The van der Waals surface area contributed by atoms with Gasteiger partial charge < -0.3 is 9.47 Å². The van der Waals surface area contributed by atoms with Crippen molar-refractivity contribution in [3.63, 3.8) is 0 Å². The van der Waals surface area contributed by atoms with Crippen LogP contribution in [0.1, 0.15) is 53.9 Å². The van der Waals surface area contributed by atoms with Crippen LogP contribution < -0.4 is 0 Å². The minimum absolute atomic E-state index is 0.320. The molecule has 0 aromatic carbocycles. The molecule has 0 aromatic rings. The van der Waals surface area contributed by atoms with Crippen molar-refractivity contribution < 1.29 is 19.1 Å². The monoisotopic (exact) mass is 256 g/mol. The Kier molecular flexibility index (Phi) is 7.32. The van der Waals surface area contributed by atoms with Crippen LogP contribution in [0.25, 0.3) is 0 Å². The lowest BCUT2D eigenvalue weighted by atomic mass is 9.98. The quantitative estimate of drug-likeness (QED) is 0.416. The normalized spacial score (nSPS) is 12.2. The Morgan fingerprint density at radius 1 is 1.11 bits per heavy atom. The van der Waals surface area contributed by atoms with Crippen molar-refractivity contribution in [3.05, 3.63) is 11.6 Å². The fourth-order valence-electron chi connectivity index (χ4n) is 1.25. The van der Waals surface area contributed by atoms with Crippen molar-refractivity contribution in [3.8, 4) is 0 Å². The Hall–Kier alpha value is -1.32. The fourth-order valence-corrected chi connectivity index (χ4v) is 1.25. The summed E-state index contributed by atoms with van der Waals surface area (Å²) >= 11 is 0. The minimum Gasteiger partial charge on any atom is -0.427 e. The maximum Gasteiger partial charge on any atom is 0.336 e. The Labute approximate surface area is 109 Å². The molecule has 0 heterocycles. The van der Waals surface area contributed by atoms with E-state index in [0.29, 0.717) is 12.0 Å². The third-order valence-electron chi connectivity index (χ3n) is 2.22. The molecule has 0 spiro atoms. The standard InChI is InChI=1S/C14H24O4/c1-6-8-11(9-7-2)12(15)17-10-18-13(16)14(3,4)5/h8H,6-7,9-10H2,1-5H3/b11-8+. The molecule has 0 aliphatic heterocycles. The first-order valence-corrected chi connectivity index (χ1v) is 6.36. The average molecular weight is 256 g/mol. The van der Waals surface area contributed by atoms with Gasteiger partial charge in [-0.2, -0.15) is 0 Å². The first kappa shape index (κ1) is 16.7. The van der Waals surface area contributed by atoms with Crippen molar-refractivity contribution in [1.29, 1.82) is 0 Å². The highest BCUT2D eigenvalue weighted by molar-refractivity contribution is 5.88. The molecular weight excluding hydrogens is 232 g/mol. The summed E-state index contributed by atoms with van der Waals surface area (Å²) in [6.07, 6.45) is 4.19. The predicted octanol–water partition coefficient (Wildman–Crippen LogP) is 3.21. The summed E-state index contributed by atoms with van der Waals surface area (Å²) in [4.78, 5) is 23.1. The number of hydrogen-bond donors (Lipinski definition) is 0. The summed E-state index contributed by atoms with van der Waals surface area (Å²) < 4.78 is 9.80. The van der Waals surface area contributed by atoms with Crippen molar-refractivity contribution in [1.82, 2.24) is 0 Å². The second-order valence-electron chi connectivity index (χ2n) is 5.12. The molecule has 4 heteroatoms. The van der Waals surface area contributed by atoms with Crippen LogP contribution in [-0.4, -0.2) is 18.7 Å². The van der Waals surface area contributed by atoms with Gasteiger partial charge in [-0.1, -0.05) is 26.3 Å². The van der Waals surface area contributed by atoms with Gasteiger partial charge in [0.2, 0.25) is 6.79 Å². The van der Waals surface area contributed by atoms with Gasteiger partial charge in [-0.3, -0.25) is 4.79 Å². The summed E-state index contributed by atoms with van der Waals surface area (Å²) in [6, 6.07) is 0. The summed E-state index contributed by atoms with van der Waals surface area (Å²) in [5.41, 5.74) is 0.0598. The molecule has 0 rings (SSSR count). The second kappa shape index (κ2) is 7.90. The van der Waals surface area contributed by atoms with E-state index in [4.69, 9.17) is 9.47 Å². The molecule has 0 amide bonds. The van der Waals surface area contributed by atoms with Gasteiger partial charge in [0, 0.05) is 5.57 Å². The molecule has 0 aliphatic carbocycles. The molecule has 0 saturated carbocycles. The lowest BCUT2D eigenvalue weighted by Crippen LogP contribution is -2.25. The first-order chi connectivity index (χ1) is 8.32. The number of esters is 2. The Balaban J connectivity index is 4.18. The van der Waals surface area contributed by atoms with E-state index in [1.807, 2.05) is 19.9 Å². The lowest BCUT2D eigenvalue weighted by Gasteiger charge is -2.16. The summed E-state index contributed by atoms with van der Waals surface area (Å²) in [7, 11) is 0.